The first-order valence-electron chi connectivity index (χ1n) is 10.1. The van der Waals surface area contributed by atoms with Gasteiger partial charge in [-0.25, -0.2) is 0 Å². The molecule has 1 fully saturated rings. The van der Waals surface area contributed by atoms with Crippen LogP contribution in [0, 0.1) is 0 Å². The minimum Gasteiger partial charge on any atom is -0.481 e. The zero-order valence-electron chi connectivity index (χ0n) is 16.6. The van der Waals surface area contributed by atoms with E-state index in [1.807, 2.05) is 6.20 Å². The molecule has 2 N–H and O–H groups in total. The fraction of sp³-hybridized carbons (Fsp3) is 0.348. The number of hydrogen-bond donors (Lipinski definition) is 2. The van der Waals surface area contributed by atoms with Crippen molar-refractivity contribution in [3.05, 3.63) is 57.7 Å². The highest BCUT2D eigenvalue weighted by molar-refractivity contribution is 9.10. The van der Waals surface area contributed by atoms with Crippen LogP contribution >= 0.6 is 15.9 Å². The van der Waals surface area contributed by atoms with Crippen LogP contribution in [-0.2, 0) is 17.4 Å². The topological polar surface area (TPSA) is 62.3 Å². The van der Waals surface area contributed by atoms with Crippen molar-refractivity contribution < 1.29 is 27.8 Å². The molecule has 4 rings (SSSR count). The van der Waals surface area contributed by atoms with Crippen molar-refractivity contribution in [3.63, 3.8) is 0 Å². The Bertz CT molecular complexity index is 1120. The second-order valence-electron chi connectivity index (χ2n) is 7.91. The zero-order chi connectivity index (χ0) is 22.2. The molecule has 0 amide bonds. The fourth-order valence-electron chi connectivity index (χ4n) is 4.29. The molecule has 1 aliphatic rings. The highest BCUT2D eigenvalue weighted by Crippen LogP contribution is 2.44. The average Bonchev–Trinajstić information content (AvgIpc) is 3.12. The molecule has 0 saturated heterocycles. The van der Waals surface area contributed by atoms with Crippen LogP contribution in [0.2, 0.25) is 0 Å². The lowest BCUT2D eigenvalue weighted by atomic mass is 9.84. The molecule has 8 heteroatoms. The SMILES string of the molecule is O=C(O)Cc1cc(Br)c(Oc2ccc3[nH]cc(C4CCCCC4)c3c2)c(C(F)(F)F)c1. The summed E-state index contributed by atoms with van der Waals surface area (Å²) >= 11 is 3.13. The predicted octanol–water partition coefficient (Wildman–Crippen LogP) is 7.42. The van der Waals surface area contributed by atoms with Gasteiger partial charge >= 0.3 is 12.1 Å². The molecule has 31 heavy (non-hydrogen) atoms. The second kappa shape index (κ2) is 8.57. The van der Waals surface area contributed by atoms with Gasteiger partial charge in [-0.2, -0.15) is 13.2 Å². The number of rotatable bonds is 5. The van der Waals surface area contributed by atoms with E-state index in [2.05, 4.69) is 20.9 Å². The quantitative estimate of drug-likeness (QED) is 0.387. The first-order chi connectivity index (χ1) is 14.7. The molecule has 164 valence electrons. The van der Waals surface area contributed by atoms with E-state index in [9.17, 15) is 18.0 Å². The van der Waals surface area contributed by atoms with Crippen molar-refractivity contribution in [2.24, 2.45) is 0 Å². The van der Waals surface area contributed by atoms with Crippen LogP contribution in [0.1, 0.15) is 54.7 Å². The molecule has 1 saturated carbocycles. The van der Waals surface area contributed by atoms with Crippen molar-refractivity contribution in [1.29, 1.82) is 0 Å². The normalized spacial score (nSPS) is 15.4. The summed E-state index contributed by atoms with van der Waals surface area (Å²) < 4.78 is 46.9. The number of carboxylic acid groups (broad SMARTS) is 1. The summed E-state index contributed by atoms with van der Waals surface area (Å²) in [6, 6.07) is 7.38. The van der Waals surface area contributed by atoms with Crippen LogP contribution in [0.4, 0.5) is 13.2 Å². The van der Waals surface area contributed by atoms with Gasteiger partial charge in [-0.05, 0) is 76.1 Å². The molecule has 1 aliphatic carbocycles. The number of halogens is 4. The first kappa shape index (κ1) is 21.7. The number of carboxylic acids is 1. The van der Waals surface area contributed by atoms with E-state index < -0.39 is 24.1 Å². The third-order valence-corrected chi connectivity index (χ3v) is 6.30. The van der Waals surface area contributed by atoms with Crippen LogP contribution in [0.3, 0.4) is 0 Å². The Morgan fingerprint density at radius 2 is 1.90 bits per heavy atom. The zero-order valence-corrected chi connectivity index (χ0v) is 18.1. The van der Waals surface area contributed by atoms with Gasteiger partial charge in [-0.15, -0.1) is 0 Å². The number of aliphatic carboxylic acids is 1. The van der Waals surface area contributed by atoms with E-state index >= 15 is 0 Å². The Kier molecular flexibility index (Phi) is 6.01. The molecule has 0 bridgehead atoms. The van der Waals surface area contributed by atoms with Gasteiger partial charge in [-0.3, -0.25) is 4.79 Å². The Hall–Kier alpha value is -2.48. The lowest BCUT2D eigenvalue weighted by Crippen LogP contribution is -2.10. The third kappa shape index (κ3) is 4.74. The largest absolute Gasteiger partial charge is 0.481 e. The van der Waals surface area contributed by atoms with E-state index in [1.165, 1.54) is 30.9 Å². The van der Waals surface area contributed by atoms with Crippen molar-refractivity contribution in [1.82, 2.24) is 4.98 Å². The maximum absolute atomic E-state index is 13.7. The van der Waals surface area contributed by atoms with E-state index in [0.29, 0.717) is 11.7 Å². The molecule has 4 nitrogen and oxygen atoms in total. The van der Waals surface area contributed by atoms with Gasteiger partial charge in [0.2, 0.25) is 0 Å². The number of hydrogen-bond acceptors (Lipinski definition) is 2. The van der Waals surface area contributed by atoms with Crippen LogP contribution in [0.15, 0.2) is 41.0 Å². The Balaban J connectivity index is 1.72. The van der Waals surface area contributed by atoms with E-state index in [0.717, 1.165) is 29.8 Å². The van der Waals surface area contributed by atoms with Crippen molar-refractivity contribution in [2.75, 3.05) is 0 Å². The van der Waals surface area contributed by atoms with Gasteiger partial charge in [0, 0.05) is 17.1 Å². The van der Waals surface area contributed by atoms with Crippen molar-refractivity contribution in [3.8, 4) is 11.5 Å². The van der Waals surface area contributed by atoms with E-state index in [-0.39, 0.29) is 15.8 Å². The highest BCUT2D eigenvalue weighted by atomic mass is 79.9. The maximum atomic E-state index is 13.7. The predicted molar refractivity (Wildman–Crippen MR) is 115 cm³/mol. The fourth-order valence-corrected chi connectivity index (χ4v) is 4.88. The number of H-pyrrole nitrogens is 1. The molecular weight excluding hydrogens is 475 g/mol. The van der Waals surface area contributed by atoms with E-state index in [1.54, 1.807) is 18.2 Å². The minimum absolute atomic E-state index is 0.0414. The molecule has 3 aromatic rings. The number of alkyl halides is 3. The summed E-state index contributed by atoms with van der Waals surface area (Å²) in [4.78, 5) is 14.2. The monoisotopic (exact) mass is 495 g/mol. The van der Waals surface area contributed by atoms with E-state index in [4.69, 9.17) is 9.84 Å². The molecule has 0 spiro atoms. The molecule has 1 aromatic heterocycles. The van der Waals surface area contributed by atoms with Crippen LogP contribution < -0.4 is 4.74 Å². The molecule has 0 unspecified atom stereocenters. The number of aromatic nitrogens is 1. The Morgan fingerprint density at radius 1 is 1.16 bits per heavy atom. The first-order valence-corrected chi connectivity index (χ1v) is 10.9. The average molecular weight is 496 g/mol. The van der Waals surface area contributed by atoms with Gasteiger partial charge < -0.3 is 14.8 Å². The van der Waals surface area contributed by atoms with Crippen molar-refractivity contribution in [2.45, 2.75) is 50.6 Å². The van der Waals surface area contributed by atoms with Gasteiger partial charge in [-0.1, -0.05) is 19.3 Å². The number of aromatic amines is 1. The summed E-state index contributed by atoms with van der Waals surface area (Å²) in [5.41, 5.74) is 1.12. The minimum atomic E-state index is -4.70. The number of benzene rings is 2. The molecule has 0 atom stereocenters. The molecule has 0 radical (unpaired) electrons. The summed E-state index contributed by atoms with van der Waals surface area (Å²) in [6.07, 6.45) is 2.58. The molecule has 1 heterocycles. The highest BCUT2D eigenvalue weighted by Gasteiger charge is 2.36. The van der Waals surface area contributed by atoms with Gasteiger partial charge in [0.15, 0.2) is 5.75 Å². The summed E-state index contributed by atoms with van der Waals surface area (Å²) in [5, 5.41) is 9.89. The molecular formula is C23H21BrF3NO3. The number of ether oxygens (including phenoxy) is 1. The van der Waals surface area contributed by atoms with Crippen LogP contribution in [0.5, 0.6) is 11.5 Å². The molecule has 0 aliphatic heterocycles. The summed E-state index contributed by atoms with van der Waals surface area (Å²) in [6.45, 7) is 0. The number of nitrogens with one attached hydrogen (secondary N) is 1. The maximum Gasteiger partial charge on any atom is 0.420 e. The smallest absolute Gasteiger partial charge is 0.420 e. The van der Waals surface area contributed by atoms with Crippen molar-refractivity contribution >= 4 is 32.8 Å². The van der Waals surface area contributed by atoms with Gasteiger partial charge in [0.1, 0.15) is 5.75 Å². The number of fused-ring (bicyclic) bond motifs is 1. The Morgan fingerprint density at radius 3 is 2.58 bits per heavy atom. The van der Waals surface area contributed by atoms with Gasteiger partial charge in [0.25, 0.3) is 0 Å². The molecule has 2 aromatic carbocycles. The third-order valence-electron chi connectivity index (χ3n) is 5.71. The lowest BCUT2D eigenvalue weighted by Gasteiger charge is -2.21. The lowest BCUT2D eigenvalue weighted by molar-refractivity contribution is -0.139. The standard InChI is InChI=1S/C23H21BrF3NO3/c24-19-9-13(10-21(29)30)8-18(23(25,26)27)22(19)31-15-6-7-20-16(11-15)17(12-28-20)14-4-2-1-3-5-14/h6-9,11-12,14,28H,1-5,10H2,(H,29,30). The van der Waals surface area contributed by atoms with Crippen LogP contribution in [0.25, 0.3) is 10.9 Å². The van der Waals surface area contributed by atoms with Crippen LogP contribution in [-0.4, -0.2) is 16.1 Å². The number of carbonyl (C=O) groups is 1. The Labute approximate surface area is 185 Å². The summed E-state index contributed by atoms with van der Waals surface area (Å²) in [7, 11) is 0. The van der Waals surface area contributed by atoms with Gasteiger partial charge in [0.05, 0.1) is 16.5 Å². The summed E-state index contributed by atoms with van der Waals surface area (Å²) in [5.74, 6) is -0.857. The second-order valence-corrected chi connectivity index (χ2v) is 8.77.